The summed E-state index contributed by atoms with van der Waals surface area (Å²) in [4.78, 5) is 17.4. The second-order valence-corrected chi connectivity index (χ2v) is 7.74. The number of aryl methyl sites for hydroxylation is 3. The number of carbonyl (C=O) groups is 1. The minimum Gasteiger partial charge on any atom is -0.352 e. The molecule has 1 atom stereocenters. The van der Waals surface area contributed by atoms with E-state index in [0.717, 1.165) is 36.5 Å². The van der Waals surface area contributed by atoms with E-state index in [1.807, 2.05) is 31.5 Å². The van der Waals surface area contributed by atoms with Crippen molar-refractivity contribution in [2.75, 3.05) is 6.54 Å². The molecule has 1 aliphatic carbocycles. The minimum atomic E-state index is -0.101. The molecular weight excluding hydrogens is 342 g/mol. The second-order valence-electron chi connectivity index (χ2n) is 7.74. The quantitative estimate of drug-likeness (QED) is 0.722. The molecule has 0 radical (unpaired) electrons. The number of rotatable bonds is 6. The first kappa shape index (κ1) is 17.7. The molecule has 1 amide bonds. The molecule has 3 heterocycles. The van der Waals surface area contributed by atoms with Gasteiger partial charge in [-0.1, -0.05) is 12.1 Å². The second kappa shape index (κ2) is 6.79. The lowest BCUT2D eigenvalue weighted by Gasteiger charge is -2.14. The van der Waals surface area contributed by atoms with Crippen LogP contribution in [-0.2, 0) is 6.54 Å². The Hall–Kier alpha value is -2.70. The van der Waals surface area contributed by atoms with E-state index in [0.29, 0.717) is 34.8 Å². The Morgan fingerprint density at radius 3 is 2.78 bits per heavy atom. The van der Waals surface area contributed by atoms with Gasteiger partial charge in [0.2, 0.25) is 0 Å². The normalized spacial score (nSPS) is 15.3. The molecule has 0 aromatic carbocycles. The molecule has 7 nitrogen and oxygen atoms in total. The summed E-state index contributed by atoms with van der Waals surface area (Å²) in [5.74, 6) is 0.600. The summed E-state index contributed by atoms with van der Waals surface area (Å²) in [6.45, 7) is 9.33. The Kier molecular flexibility index (Phi) is 4.45. The van der Waals surface area contributed by atoms with Crippen molar-refractivity contribution in [3.63, 3.8) is 0 Å². The van der Waals surface area contributed by atoms with Crippen LogP contribution in [0.1, 0.15) is 58.8 Å². The van der Waals surface area contributed by atoms with Crippen molar-refractivity contribution >= 4 is 17.0 Å². The summed E-state index contributed by atoms with van der Waals surface area (Å²) in [6.07, 6.45) is 2.23. The molecule has 1 N–H and O–H groups in total. The Balaban J connectivity index is 1.49. The van der Waals surface area contributed by atoms with Gasteiger partial charge in [-0.15, -0.1) is 0 Å². The molecule has 27 heavy (non-hydrogen) atoms. The first-order chi connectivity index (χ1) is 12.9. The predicted molar refractivity (Wildman–Crippen MR) is 102 cm³/mol. The number of fused-ring (bicyclic) bond motifs is 1. The number of amides is 1. The maximum Gasteiger partial charge on any atom is 0.259 e. The van der Waals surface area contributed by atoms with Crippen LogP contribution in [0, 0.1) is 26.7 Å². The molecule has 1 saturated carbocycles. The molecule has 3 aromatic rings. The van der Waals surface area contributed by atoms with Gasteiger partial charge in [-0.2, -0.15) is 5.10 Å². The Labute approximate surface area is 158 Å². The monoisotopic (exact) mass is 367 g/mol. The van der Waals surface area contributed by atoms with Crippen molar-refractivity contribution in [3.05, 3.63) is 40.5 Å². The van der Waals surface area contributed by atoms with Crippen LogP contribution in [-0.4, -0.2) is 32.4 Å². The first-order valence-electron chi connectivity index (χ1n) is 9.48. The highest BCUT2D eigenvalue weighted by atomic mass is 16.5. The summed E-state index contributed by atoms with van der Waals surface area (Å²) in [6, 6.07) is 3.97. The first-order valence-corrected chi connectivity index (χ1v) is 9.48. The molecule has 1 fully saturated rings. The van der Waals surface area contributed by atoms with Crippen molar-refractivity contribution in [1.29, 1.82) is 0 Å². The van der Waals surface area contributed by atoms with Gasteiger partial charge in [0, 0.05) is 30.4 Å². The third kappa shape index (κ3) is 3.59. The van der Waals surface area contributed by atoms with Gasteiger partial charge in [0.15, 0.2) is 0 Å². The molecule has 0 spiro atoms. The maximum absolute atomic E-state index is 12.9. The third-order valence-corrected chi connectivity index (χ3v) is 5.08. The number of carbonyl (C=O) groups excluding carboxylic acids is 1. The maximum atomic E-state index is 12.9. The van der Waals surface area contributed by atoms with Crippen molar-refractivity contribution < 1.29 is 9.32 Å². The van der Waals surface area contributed by atoms with Gasteiger partial charge in [0.25, 0.3) is 11.6 Å². The fraction of sp³-hybridized carbons (Fsp3) is 0.500. The SMILES string of the molecule is Cc1cc(C)n(CC(C)CNC(=O)c2cc(C3CC3)nc3onc(C)c23)n1. The summed E-state index contributed by atoms with van der Waals surface area (Å²) >= 11 is 0. The summed E-state index contributed by atoms with van der Waals surface area (Å²) in [5, 5.41) is 12.3. The fourth-order valence-electron chi connectivity index (χ4n) is 3.46. The zero-order chi connectivity index (χ0) is 19.1. The molecule has 4 rings (SSSR count). The molecular formula is C20H25N5O2. The Morgan fingerprint density at radius 2 is 2.11 bits per heavy atom. The van der Waals surface area contributed by atoms with Crippen molar-refractivity contribution in [2.24, 2.45) is 5.92 Å². The van der Waals surface area contributed by atoms with E-state index in [4.69, 9.17) is 4.52 Å². The lowest BCUT2D eigenvalue weighted by molar-refractivity contribution is 0.0948. The van der Waals surface area contributed by atoms with Gasteiger partial charge in [-0.3, -0.25) is 9.48 Å². The molecule has 0 aliphatic heterocycles. The van der Waals surface area contributed by atoms with Gasteiger partial charge in [0.05, 0.1) is 22.3 Å². The summed E-state index contributed by atoms with van der Waals surface area (Å²) < 4.78 is 7.32. The summed E-state index contributed by atoms with van der Waals surface area (Å²) in [5.41, 5.74) is 4.84. The highest BCUT2D eigenvalue weighted by molar-refractivity contribution is 6.06. The van der Waals surface area contributed by atoms with Crippen LogP contribution in [0.4, 0.5) is 0 Å². The van der Waals surface area contributed by atoms with E-state index in [1.165, 1.54) is 0 Å². The van der Waals surface area contributed by atoms with E-state index < -0.39 is 0 Å². The topological polar surface area (TPSA) is 85.8 Å². The average Bonchev–Trinajstić information content (AvgIpc) is 3.35. The number of nitrogens with zero attached hydrogens (tertiary/aromatic N) is 4. The van der Waals surface area contributed by atoms with Gasteiger partial charge in [-0.05, 0) is 51.7 Å². The van der Waals surface area contributed by atoms with Gasteiger partial charge in [-0.25, -0.2) is 4.98 Å². The summed E-state index contributed by atoms with van der Waals surface area (Å²) in [7, 11) is 0. The highest BCUT2D eigenvalue weighted by Gasteiger charge is 2.28. The Morgan fingerprint density at radius 1 is 1.33 bits per heavy atom. The molecule has 142 valence electrons. The number of pyridine rings is 1. The van der Waals surface area contributed by atoms with Crippen LogP contribution in [0.15, 0.2) is 16.7 Å². The van der Waals surface area contributed by atoms with E-state index in [1.54, 1.807) is 0 Å². The largest absolute Gasteiger partial charge is 0.352 e. The number of hydrogen-bond acceptors (Lipinski definition) is 5. The molecule has 7 heteroatoms. The van der Waals surface area contributed by atoms with Crippen molar-refractivity contribution in [1.82, 2.24) is 25.2 Å². The molecule has 1 aliphatic rings. The third-order valence-electron chi connectivity index (χ3n) is 5.08. The minimum absolute atomic E-state index is 0.101. The van der Waals surface area contributed by atoms with Crippen LogP contribution in [0.5, 0.6) is 0 Å². The fourth-order valence-corrected chi connectivity index (χ4v) is 3.46. The number of hydrogen-bond donors (Lipinski definition) is 1. The van der Waals surface area contributed by atoms with Gasteiger partial charge < -0.3 is 9.84 Å². The molecule has 0 bridgehead atoms. The van der Waals surface area contributed by atoms with E-state index in [2.05, 4.69) is 33.5 Å². The van der Waals surface area contributed by atoms with Gasteiger partial charge in [0.1, 0.15) is 0 Å². The zero-order valence-electron chi connectivity index (χ0n) is 16.2. The van der Waals surface area contributed by atoms with Crippen LogP contribution in [0.3, 0.4) is 0 Å². The lowest BCUT2D eigenvalue weighted by Crippen LogP contribution is -2.30. The van der Waals surface area contributed by atoms with E-state index >= 15 is 0 Å². The van der Waals surface area contributed by atoms with Crippen molar-refractivity contribution in [2.45, 2.75) is 53.0 Å². The van der Waals surface area contributed by atoms with E-state index in [9.17, 15) is 4.79 Å². The van der Waals surface area contributed by atoms with Crippen LogP contribution < -0.4 is 5.32 Å². The van der Waals surface area contributed by atoms with Crippen LogP contribution >= 0.6 is 0 Å². The molecule has 1 unspecified atom stereocenters. The number of aromatic nitrogens is 4. The van der Waals surface area contributed by atoms with Crippen LogP contribution in [0.25, 0.3) is 11.1 Å². The highest BCUT2D eigenvalue weighted by Crippen LogP contribution is 2.40. The predicted octanol–water partition coefficient (Wildman–Crippen LogP) is 3.29. The zero-order valence-corrected chi connectivity index (χ0v) is 16.2. The standard InChI is InChI=1S/C20H25N5O2/c1-11(10-25-13(3)7-12(2)23-25)9-21-19(26)16-8-17(15-5-6-15)22-20-18(16)14(4)24-27-20/h7-8,11,15H,5-6,9-10H2,1-4H3,(H,21,26). The number of nitrogens with one attached hydrogen (secondary N) is 1. The smallest absolute Gasteiger partial charge is 0.259 e. The molecule has 3 aromatic heterocycles. The lowest BCUT2D eigenvalue weighted by atomic mass is 10.1. The van der Waals surface area contributed by atoms with Crippen molar-refractivity contribution in [3.8, 4) is 0 Å². The molecule has 0 saturated heterocycles. The van der Waals surface area contributed by atoms with E-state index in [-0.39, 0.29) is 11.8 Å². The van der Waals surface area contributed by atoms with Crippen LogP contribution in [0.2, 0.25) is 0 Å². The Bertz CT molecular complexity index is 999. The average molecular weight is 367 g/mol. The van der Waals surface area contributed by atoms with Gasteiger partial charge >= 0.3 is 0 Å².